The molecule has 0 amide bonds. The topological polar surface area (TPSA) is 0 Å². The lowest BCUT2D eigenvalue weighted by Gasteiger charge is -2.23. The normalized spacial score (nSPS) is 15.2. The first kappa shape index (κ1) is 25.9. The fourth-order valence-electron chi connectivity index (χ4n) is 4.20. The van der Waals surface area contributed by atoms with Crippen molar-refractivity contribution in [3.63, 3.8) is 0 Å². The molecule has 1 fully saturated rings. The fourth-order valence-corrected chi connectivity index (χ4v) is 9.19. The first-order valence-electron chi connectivity index (χ1n) is 12.2. The molecule has 0 aromatic carbocycles. The van der Waals surface area contributed by atoms with Gasteiger partial charge in [0.15, 0.2) is 5.41 Å². The van der Waals surface area contributed by atoms with E-state index in [-0.39, 0.29) is 0 Å². The van der Waals surface area contributed by atoms with Gasteiger partial charge in [0.1, 0.15) is 16.1 Å². The van der Waals surface area contributed by atoms with Crippen LogP contribution in [-0.2, 0) is 0 Å². The Hall–Kier alpha value is -1.15. The summed E-state index contributed by atoms with van der Waals surface area (Å²) in [4.78, 5) is 0. The summed E-state index contributed by atoms with van der Waals surface area (Å²) in [6.07, 6.45) is 8.40. The summed E-state index contributed by atoms with van der Waals surface area (Å²) in [6, 6.07) is 7.26. The minimum absolute atomic E-state index is 0.516. The Morgan fingerprint density at radius 2 is 1.14 bits per heavy atom. The second-order valence-electron chi connectivity index (χ2n) is 8.80. The molecule has 1 aliphatic carbocycles. The molecule has 0 unspecified atom stereocenters. The van der Waals surface area contributed by atoms with Crippen LogP contribution >= 0.6 is 0 Å². The monoisotopic (exact) mass is 424 g/mol. The molecular weight excluding hydrogens is 380 g/mol. The van der Waals surface area contributed by atoms with Crippen LogP contribution in [0, 0.1) is 46.1 Å². The molecule has 0 spiro atoms. The van der Waals surface area contributed by atoms with Crippen molar-refractivity contribution in [3.8, 4) is 34.8 Å². The minimum atomic E-state index is -1.54. The summed E-state index contributed by atoms with van der Waals surface area (Å²) in [5, 5.41) is 0. The van der Waals surface area contributed by atoms with E-state index < -0.39 is 21.6 Å². The van der Waals surface area contributed by atoms with Crippen LogP contribution in [0.1, 0.15) is 73.6 Å². The maximum absolute atomic E-state index is 4.18. The molecule has 1 rings (SSSR count). The Balaban J connectivity index is 3.47. The average Bonchev–Trinajstić information content (AvgIpc) is 2.80. The van der Waals surface area contributed by atoms with Crippen molar-refractivity contribution in [1.82, 2.24) is 0 Å². The molecule has 1 aliphatic rings. The van der Waals surface area contributed by atoms with Gasteiger partial charge >= 0.3 is 0 Å². The van der Waals surface area contributed by atoms with Gasteiger partial charge in [-0.15, -0.1) is 11.1 Å². The zero-order chi connectivity index (χ0) is 21.8. The van der Waals surface area contributed by atoms with Crippen LogP contribution in [0.4, 0.5) is 0 Å². The van der Waals surface area contributed by atoms with Gasteiger partial charge in [-0.1, -0.05) is 91.1 Å². The predicted octanol–water partition coefficient (Wildman–Crippen LogP) is 7.84. The Morgan fingerprint density at radius 3 is 1.48 bits per heavy atom. The van der Waals surface area contributed by atoms with Gasteiger partial charge < -0.3 is 0 Å². The standard InChI is InChI=1S/C27H44Si2/c1-8-27(21-20-26-18-16-15-17-19-26,22-24-28(9-2,10-3)11-4)23-25-29(12-5,13-6)14-7/h8,26H,1,9-19H2,2-7H3. The Morgan fingerprint density at radius 1 is 0.724 bits per heavy atom. The van der Waals surface area contributed by atoms with E-state index in [4.69, 9.17) is 0 Å². The van der Waals surface area contributed by atoms with E-state index >= 15 is 0 Å². The molecule has 0 N–H and O–H groups in total. The molecule has 2 heteroatoms. The summed E-state index contributed by atoms with van der Waals surface area (Å²) in [5.74, 6) is 14.9. The first-order valence-corrected chi connectivity index (χ1v) is 17.4. The highest BCUT2D eigenvalue weighted by Gasteiger charge is 2.29. The van der Waals surface area contributed by atoms with Gasteiger partial charge in [-0.3, -0.25) is 0 Å². The summed E-state index contributed by atoms with van der Waals surface area (Å²) in [7, 11) is -3.09. The maximum atomic E-state index is 4.18. The quantitative estimate of drug-likeness (QED) is 0.222. The van der Waals surface area contributed by atoms with Gasteiger partial charge in [0.05, 0.1) is 0 Å². The molecule has 0 aromatic rings. The van der Waals surface area contributed by atoms with Crippen LogP contribution in [0.25, 0.3) is 0 Å². The van der Waals surface area contributed by atoms with E-state index in [0.29, 0.717) is 5.92 Å². The smallest absolute Gasteiger partial charge is 0.128 e. The molecule has 1 saturated carbocycles. The van der Waals surface area contributed by atoms with Gasteiger partial charge in [-0.2, -0.15) is 0 Å². The van der Waals surface area contributed by atoms with E-state index in [0.717, 1.165) is 0 Å². The molecule has 160 valence electrons. The lowest BCUT2D eigenvalue weighted by atomic mass is 9.86. The molecule has 0 saturated heterocycles. The second-order valence-corrected chi connectivity index (χ2v) is 18.7. The van der Waals surface area contributed by atoms with Crippen molar-refractivity contribution in [2.45, 2.75) is 110 Å². The van der Waals surface area contributed by atoms with E-state index in [2.05, 4.69) is 82.9 Å². The predicted molar refractivity (Wildman–Crippen MR) is 137 cm³/mol. The molecule has 0 atom stereocenters. The van der Waals surface area contributed by atoms with Crippen LogP contribution in [0.5, 0.6) is 0 Å². The van der Waals surface area contributed by atoms with Gasteiger partial charge in [0, 0.05) is 5.92 Å². The van der Waals surface area contributed by atoms with Crippen molar-refractivity contribution >= 4 is 16.1 Å². The average molecular weight is 425 g/mol. The largest absolute Gasteiger partial charge is 0.168 e. The molecule has 0 aromatic heterocycles. The molecule has 0 aliphatic heterocycles. The molecular formula is C27H44Si2. The summed E-state index contributed by atoms with van der Waals surface area (Å²) in [5.41, 5.74) is 6.91. The van der Waals surface area contributed by atoms with Crippen molar-refractivity contribution in [3.05, 3.63) is 12.7 Å². The van der Waals surface area contributed by atoms with Gasteiger partial charge in [-0.25, -0.2) is 0 Å². The Kier molecular flexibility index (Phi) is 11.2. The van der Waals surface area contributed by atoms with Crippen LogP contribution < -0.4 is 0 Å². The molecule has 0 radical (unpaired) electrons. The number of hydrogen-bond acceptors (Lipinski definition) is 0. The van der Waals surface area contributed by atoms with E-state index in [9.17, 15) is 0 Å². The molecule has 29 heavy (non-hydrogen) atoms. The van der Waals surface area contributed by atoms with Crippen molar-refractivity contribution < 1.29 is 0 Å². The van der Waals surface area contributed by atoms with Crippen molar-refractivity contribution in [1.29, 1.82) is 0 Å². The minimum Gasteiger partial charge on any atom is -0.128 e. The third-order valence-electron chi connectivity index (χ3n) is 7.50. The highest BCUT2D eigenvalue weighted by atomic mass is 28.3. The SMILES string of the molecule is C=CC(C#CC1CCCCC1)(C#C[Si](CC)(CC)CC)C#C[Si](CC)(CC)CC. The highest BCUT2D eigenvalue weighted by molar-refractivity contribution is 6.87. The molecule has 0 heterocycles. The maximum Gasteiger partial charge on any atom is 0.168 e. The van der Waals surface area contributed by atoms with Crippen LogP contribution in [0.15, 0.2) is 12.7 Å². The summed E-state index contributed by atoms with van der Waals surface area (Å²) >= 11 is 0. The van der Waals surface area contributed by atoms with Crippen LogP contribution in [-0.4, -0.2) is 16.1 Å². The number of rotatable bonds is 7. The third-order valence-corrected chi connectivity index (χ3v) is 16.9. The first-order chi connectivity index (χ1) is 13.9. The fraction of sp³-hybridized carbons (Fsp3) is 0.704. The van der Waals surface area contributed by atoms with E-state index in [1.165, 1.54) is 68.4 Å². The van der Waals surface area contributed by atoms with Crippen molar-refractivity contribution in [2.24, 2.45) is 11.3 Å². The van der Waals surface area contributed by atoms with Crippen molar-refractivity contribution in [2.75, 3.05) is 0 Å². The lowest BCUT2D eigenvalue weighted by molar-refractivity contribution is 0.430. The van der Waals surface area contributed by atoms with E-state index in [1.54, 1.807) is 0 Å². The van der Waals surface area contributed by atoms with Gasteiger partial charge in [0.25, 0.3) is 0 Å². The zero-order valence-corrected chi connectivity index (χ0v) is 22.1. The summed E-state index contributed by atoms with van der Waals surface area (Å²) in [6.45, 7) is 18.0. The Labute approximate surface area is 184 Å². The van der Waals surface area contributed by atoms with Crippen LogP contribution in [0.3, 0.4) is 0 Å². The third kappa shape index (κ3) is 7.24. The summed E-state index contributed by atoms with van der Waals surface area (Å²) < 4.78 is 0. The van der Waals surface area contributed by atoms with Gasteiger partial charge in [0.2, 0.25) is 0 Å². The molecule has 0 bridgehead atoms. The number of hydrogen-bond donors (Lipinski definition) is 0. The van der Waals surface area contributed by atoms with Crippen LogP contribution in [0.2, 0.25) is 36.3 Å². The highest BCUT2D eigenvalue weighted by Crippen LogP contribution is 2.26. The second kappa shape index (κ2) is 12.5. The lowest BCUT2D eigenvalue weighted by Crippen LogP contribution is -2.31. The Bertz CT molecular complexity index is 629. The zero-order valence-electron chi connectivity index (χ0n) is 20.1. The van der Waals surface area contributed by atoms with E-state index in [1.807, 2.05) is 6.08 Å². The van der Waals surface area contributed by atoms with Gasteiger partial charge in [-0.05, 0) is 55.2 Å². The number of allylic oxidation sites excluding steroid dienone is 1. The molecule has 0 nitrogen and oxygen atoms in total.